The number of thiophene rings is 1. The van der Waals surface area contributed by atoms with E-state index in [0.29, 0.717) is 19.0 Å². The molecule has 0 radical (unpaired) electrons. The summed E-state index contributed by atoms with van der Waals surface area (Å²) in [6.07, 6.45) is 1.51. The molecule has 1 aliphatic heterocycles. The Kier molecular flexibility index (Phi) is 6.20. The average Bonchev–Trinajstić information content (AvgIpc) is 3.35. The van der Waals surface area contributed by atoms with Crippen molar-refractivity contribution in [3.05, 3.63) is 74.5 Å². The number of rotatable bonds is 5. The minimum absolute atomic E-state index is 0.0452. The van der Waals surface area contributed by atoms with Crippen molar-refractivity contribution in [1.82, 2.24) is 4.90 Å². The predicted octanol–water partition coefficient (Wildman–Crippen LogP) is 5.39. The molecule has 1 aromatic carbocycles. The van der Waals surface area contributed by atoms with Gasteiger partial charge in [-0.3, -0.25) is 9.69 Å². The van der Waals surface area contributed by atoms with Crippen LogP contribution in [-0.4, -0.2) is 37.1 Å². The molecule has 0 spiro atoms. The number of aryl methyl sites for hydroxylation is 1. The van der Waals surface area contributed by atoms with Crippen molar-refractivity contribution in [3.8, 4) is 0 Å². The van der Waals surface area contributed by atoms with Gasteiger partial charge < -0.3 is 14.5 Å². The lowest BCUT2D eigenvalue weighted by atomic mass is 9.94. The second-order valence-corrected chi connectivity index (χ2v) is 9.20. The Morgan fingerprint density at radius 2 is 1.90 bits per heavy atom. The molecular weight excluding hydrogens is 452 g/mol. The van der Waals surface area contributed by atoms with Crippen LogP contribution in [-0.2, 0) is 4.74 Å². The molecule has 0 aliphatic carbocycles. The van der Waals surface area contributed by atoms with Crippen LogP contribution in [0.2, 0.25) is 0 Å². The zero-order valence-corrected chi connectivity index (χ0v) is 18.8. The Labute approximate surface area is 182 Å². The fourth-order valence-electron chi connectivity index (χ4n) is 3.68. The van der Waals surface area contributed by atoms with Gasteiger partial charge in [0.1, 0.15) is 5.00 Å². The van der Waals surface area contributed by atoms with Crippen LogP contribution in [0.3, 0.4) is 0 Å². The van der Waals surface area contributed by atoms with Gasteiger partial charge in [0.05, 0.1) is 25.5 Å². The van der Waals surface area contributed by atoms with Gasteiger partial charge in [0.25, 0.3) is 5.91 Å². The Balaban J connectivity index is 1.77. The van der Waals surface area contributed by atoms with Gasteiger partial charge in [-0.15, -0.1) is 11.3 Å². The van der Waals surface area contributed by atoms with Gasteiger partial charge in [0.15, 0.2) is 5.76 Å². The first kappa shape index (κ1) is 20.3. The van der Waals surface area contributed by atoms with Gasteiger partial charge >= 0.3 is 0 Å². The van der Waals surface area contributed by atoms with Crippen LogP contribution < -0.4 is 5.32 Å². The molecule has 1 atom stereocenters. The Hall–Kier alpha value is -1.93. The fraction of sp³-hybridized carbons (Fsp3) is 0.318. The van der Waals surface area contributed by atoms with E-state index in [1.807, 2.05) is 0 Å². The Bertz CT molecular complexity index is 976. The summed E-state index contributed by atoms with van der Waals surface area (Å²) < 4.78 is 11.9. The number of morpholine rings is 1. The molecule has 4 rings (SSSR count). The lowest BCUT2D eigenvalue weighted by Gasteiger charge is -2.35. The topological polar surface area (TPSA) is 54.7 Å². The van der Waals surface area contributed by atoms with Gasteiger partial charge in [-0.05, 0) is 49.2 Å². The maximum Gasteiger partial charge on any atom is 0.291 e. The molecule has 1 aliphatic rings. The number of nitrogens with zero attached hydrogens (tertiary/aromatic N) is 1. The van der Waals surface area contributed by atoms with Gasteiger partial charge in [-0.25, -0.2) is 0 Å². The predicted molar refractivity (Wildman–Crippen MR) is 119 cm³/mol. The first-order valence-corrected chi connectivity index (χ1v) is 11.2. The lowest BCUT2D eigenvalue weighted by Crippen LogP contribution is -2.39. The molecule has 3 heterocycles. The molecule has 7 heteroatoms. The summed E-state index contributed by atoms with van der Waals surface area (Å²) in [5, 5.41) is 3.97. The molecule has 0 saturated carbocycles. The van der Waals surface area contributed by atoms with E-state index >= 15 is 0 Å². The van der Waals surface area contributed by atoms with Gasteiger partial charge in [-0.1, -0.05) is 28.1 Å². The minimum Gasteiger partial charge on any atom is -0.459 e. The number of hydrogen-bond acceptors (Lipinski definition) is 5. The lowest BCUT2D eigenvalue weighted by molar-refractivity contribution is 0.0240. The molecule has 5 nitrogen and oxygen atoms in total. The summed E-state index contributed by atoms with van der Waals surface area (Å²) in [6, 6.07) is 11.9. The second kappa shape index (κ2) is 8.83. The molecule has 152 valence electrons. The van der Waals surface area contributed by atoms with E-state index in [0.717, 1.165) is 28.1 Å². The highest BCUT2D eigenvalue weighted by atomic mass is 79.9. The third-order valence-electron chi connectivity index (χ3n) is 5.27. The third kappa shape index (κ3) is 4.33. The molecule has 3 aromatic rings. The number of anilines is 1. The highest BCUT2D eigenvalue weighted by Crippen LogP contribution is 2.42. The molecule has 2 aromatic heterocycles. The van der Waals surface area contributed by atoms with Crippen molar-refractivity contribution < 1.29 is 13.9 Å². The van der Waals surface area contributed by atoms with E-state index in [1.54, 1.807) is 23.5 Å². The maximum absolute atomic E-state index is 12.7. The zero-order chi connectivity index (χ0) is 20.4. The summed E-state index contributed by atoms with van der Waals surface area (Å²) in [4.78, 5) is 16.3. The Morgan fingerprint density at radius 3 is 2.55 bits per heavy atom. The van der Waals surface area contributed by atoms with Crippen molar-refractivity contribution in [2.24, 2.45) is 0 Å². The number of carbonyl (C=O) groups is 1. The van der Waals surface area contributed by atoms with Crippen molar-refractivity contribution in [3.63, 3.8) is 0 Å². The van der Waals surface area contributed by atoms with Gasteiger partial charge in [0.2, 0.25) is 0 Å². The summed E-state index contributed by atoms with van der Waals surface area (Å²) in [5.74, 6) is 0.0836. The van der Waals surface area contributed by atoms with Crippen molar-refractivity contribution in [2.45, 2.75) is 19.9 Å². The zero-order valence-electron chi connectivity index (χ0n) is 16.4. The maximum atomic E-state index is 12.7. The number of carbonyl (C=O) groups excluding carboxylic acids is 1. The number of benzene rings is 1. The largest absolute Gasteiger partial charge is 0.459 e. The number of halogens is 1. The molecule has 1 saturated heterocycles. The fourth-order valence-corrected chi connectivity index (χ4v) is 5.03. The van der Waals surface area contributed by atoms with Gasteiger partial charge in [0, 0.05) is 28.0 Å². The number of furan rings is 1. The first-order chi connectivity index (χ1) is 14.0. The van der Waals surface area contributed by atoms with Crippen LogP contribution in [0.25, 0.3) is 0 Å². The number of nitrogens with one attached hydrogen (secondary N) is 1. The summed E-state index contributed by atoms with van der Waals surface area (Å²) in [5.41, 5.74) is 3.56. The molecule has 1 amide bonds. The molecule has 1 N–H and O–H groups in total. The smallest absolute Gasteiger partial charge is 0.291 e. The number of hydrogen-bond donors (Lipinski definition) is 1. The average molecular weight is 475 g/mol. The summed E-state index contributed by atoms with van der Waals surface area (Å²) in [6.45, 7) is 7.36. The Morgan fingerprint density at radius 1 is 1.17 bits per heavy atom. The second-order valence-electron chi connectivity index (χ2n) is 7.06. The van der Waals surface area contributed by atoms with E-state index in [2.05, 4.69) is 64.3 Å². The van der Waals surface area contributed by atoms with Crippen LogP contribution in [0.1, 0.15) is 38.2 Å². The standard InChI is InChI=1S/C22H23BrN2O3S/c1-14-15(2)29-22(24-21(26)18-4-3-11-28-18)19(14)20(25-9-12-27-13-10-25)16-5-7-17(23)8-6-16/h3-8,11,20H,9-10,12-13H2,1-2H3,(H,24,26)/t20-/m1/s1. The van der Waals surface area contributed by atoms with Crippen LogP contribution in [0.4, 0.5) is 5.00 Å². The minimum atomic E-state index is -0.228. The molecule has 1 fully saturated rings. The highest BCUT2D eigenvalue weighted by molar-refractivity contribution is 9.10. The van der Waals surface area contributed by atoms with Gasteiger partial charge in [-0.2, -0.15) is 0 Å². The molecular formula is C22H23BrN2O3S. The van der Waals surface area contributed by atoms with Crippen molar-refractivity contribution in [2.75, 3.05) is 31.6 Å². The first-order valence-electron chi connectivity index (χ1n) is 9.56. The SMILES string of the molecule is Cc1sc(NC(=O)c2ccco2)c([C@@H](c2ccc(Br)cc2)N2CCOCC2)c1C. The summed E-state index contributed by atoms with van der Waals surface area (Å²) in [7, 11) is 0. The quantitative estimate of drug-likeness (QED) is 0.538. The van der Waals surface area contributed by atoms with Crippen LogP contribution in [0, 0.1) is 13.8 Å². The van der Waals surface area contributed by atoms with E-state index in [1.165, 1.54) is 22.3 Å². The van der Waals surface area contributed by atoms with Crippen LogP contribution in [0.5, 0.6) is 0 Å². The molecule has 0 bridgehead atoms. The van der Waals surface area contributed by atoms with E-state index in [-0.39, 0.29) is 11.9 Å². The third-order valence-corrected chi connectivity index (χ3v) is 6.94. The monoisotopic (exact) mass is 474 g/mol. The van der Waals surface area contributed by atoms with Crippen LogP contribution >= 0.6 is 27.3 Å². The van der Waals surface area contributed by atoms with E-state index in [9.17, 15) is 4.79 Å². The van der Waals surface area contributed by atoms with Crippen molar-refractivity contribution >= 4 is 38.2 Å². The normalized spacial score (nSPS) is 16.0. The van der Waals surface area contributed by atoms with E-state index in [4.69, 9.17) is 9.15 Å². The summed E-state index contributed by atoms with van der Waals surface area (Å²) >= 11 is 5.15. The number of ether oxygens (including phenoxy) is 1. The molecule has 29 heavy (non-hydrogen) atoms. The van der Waals surface area contributed by atoms with Crippen molar-refractivity contribution in [1.29, 1.82) is 0 Å². The molecule has 0 unspecified atom stereocenters. The highest BCUT2D eigenvalue weighted by Gasteiger charge is 2.30. The van der Waals surface area contributed by atoms with Crippen LogP contribution in [0.15, 0.2) is 51.6 Å². The number of amides is 1. The van der Waals surface area contributed by atoms with E-state index < -0.39 is 0 Å².